The van der Waals surface area contributed by atoms with Crippen LogP contribution in [0.25, 0.3) is 0 Å². The first-order valence-electron chi connectivity index (χ1n) is 4.77. The van der Waals surface area contributed by atoms with Crippen molar-refractivity contribution >= 4 is 6.03 Å². The van der Waals surface area contributed by atoms with Crippen molar-refractivity contribution in [3.63, 3.8) is 0 Å². The number of carbonyl (C=O) groups is 1. The highest BCUT2D eigenvalue weighted by molar-refractivity contribution is 5.78. The molecule has 1 atom stereocenters. The lowest BCUT2D eigenvalue weighted by Gasteiger charge is -2.22. The van der Waals surface area contributed by atoms with Gasteiger partial charge in [-0.05, 0) is 30.7 Å². The van der Waals surface area contributed by atoms with Gasteiger partial charge in [-0.15, -0.1) is 0 Å². The predicted octanol–water partition coefficient (Wildman–Crippen LogP) is 2.22. The van der Waals surface area contributed by atoms with E-state index in [2.05, 4.69) is 10.6 Å². The lowest BCUT2D eigenvalue weighted by molar-refractivity contribution is 0.239. The topological polar surface area (TPSA) is 41.1 Å². The number of allylic oxidation sites excluding steroid dienone is 1. The lowest BCUT2D eigenvalue weighted by atomic mass is 10.0. The number of amides is 2. The molecule has 5 heteroatoms. The molecule has 2 N–H and O–H groups in total. The average molecular weight is 224 g/mol. The molecule has 0 bridgehead atoms. The Kier molecular flexibility index (Phi) is 2.60. The van der Waals surface area contributed by atoms with Gasteiger partial charge in [0.05, 0.1) is 6.04 Å². The van der Waals surface area contributed by atoms with Crippen molar-refractivity contribution in [1.29, 1.82) is 0 Å². The Labute approximate surface area is 91.2 Å². The van der Waals surface area contributed by atoms with Crippen LogP contribution in [0.1, 0.15) is 18.5 Å². The summed E-state index contributed by atoms with van der Waals surface area (Å²) < 4.78 is 25.7. The van der Waals surface area contributed by atoms with Crippen LogP contribution in [0.4, 0.5) is 13.6 Å². The molecule has 1 aromatic rings. The zero-order valence-corrected chi connectivity index (χ0v) is 8.55. The Balaban J connectivity index is 2.33. The first-order chi connectivity index (χ1) is 7.56. The summed E-state index contributed by atoms with van der Waals surface area (Å²) in [7, 11) is 0. The molecule has 0 aliphatic carbocycles. The second kappa shape index (κ2) is 3.92. The van der Waals surface area contributed by atoms with Gasteiger partial charge in [0.15, 0.2) is 11.6 Å². The van der Waals surface area contributed by atoms with Crippen molar-refractivity contribution in [2.75, 3.05) is 0 Å². The van der Waals surface area contributed by atoms with Crippen LogP contribution in [0.15, 0.2) is 30.0 Å². The minimum absolute atomic E-state index is 0.352. The molecule has 1 aromatic carbocycles. The van der Waals surface area contributed by atoms with E-state index in [0.29, 0.717) is 11.3 Å². The smallest absolute Gasteiger partial charge is 0.319 e. The summed E-state index contributed by atoms with van der Waals surface area (Å²) in [5.41, 5.74) is 1.19. The zero-order valence-electron chi connectivity index (χ0n) is 8.55. The van der Waals surface area contributed by atoms with Crippen molar-refractivity contribution in [3.05, 3.63) is 47.2 Å². The molecule has 0 spiro atoms. The normalized spacial score (nSPS) is 19.8. The Hall–Kier alpha value is -1.91. The fourth-order valence-corrected chi connectivity index (χ4v) is 1.58. The Bertz CT molecular complexity index is 471. The third kappa shape index (κ3) is 2.03. The molecule has 1 aliphatic rings. The van der Waals surface area contributed by atoms with E-state index < -0.39 is 17.7 Å². The van der Waals surface area contributed by atoms with Gasteiger partial charge in [-0.2, -0.15) is 0 Å². The Morgan fingerprint density at radius 2 is 2.00 bits per heavy atom. The molecule has 0 radical (unpaired) electrons. The molecule has 3 nitrogen and oxygen atoms in total. The fraction of sp³-hybridized carbons (Fsp3) is 0.182. The molecule has 0 saturated carbocycles. The summed E-state index contributed by atoms with van der Waals surface area (Å²) in [5, 5.41) is 5.14. The number of benzene rings is 1. The Morgan fingerprint density at radius 1 is 1.25 bits per heavy atom. The largest absolute Gasteiger partial charge is 0.327 e. The molecule has 1 aliphatic heterocycles. The maximum atomic E-state index is 13.0. The molecule has 0 unspecified atom stereocenters. The van der Waals surface area contributed by atoms with Crippen LogP contribution in [-0.4, -0.2) is 6.03 Å². The molecule has 1 heterocycles. The number of hydrogen-bond acceptors (Lipinski definition) is 1. The molecule has 0 fully saturated rings. The van der Waals surface area contributed by atoms with E-state index in [-0.39, 0.29) is 6.03 Å². The number of urea groups is 1. The molecule has 2 rings (SSSR count). The van der Waals surface area contributed by atoms with Crippen molar-refractivity contribution in [3.8, 4) is 0 Å². The molecule has 84 valence electrons. The first kappa shape index (κ1) is 10.6. The van der Waals surface area contributed by atoms with Crippen LogP contribution in [0.2, 0.25) is 0 Å². The van der Waals surface area contributed by atoms with Crippen molar-refractivity contribution in [1.82, 2.24) is 10.6 Å². The average Bonchev–Trinajstić information content (AvgIpc) is 2.20. The Morgan fingerprint density at radius 3 is 2.62 bits per heavy atom. The van der Waals surface area contributed by atoms with Gasteiger partial charge in [-0.1, -0.05) is 6.07 Å². The van der Waals surface area contributed by atoms with Gasteiger partial charge in [0, 0.05) is 5.70 Å². The number of carbonyl (C=O) groups excluding carboxylic acids is 1. The van der Waals surface area contributed by atoms with Gasteiger partial charge in [-0.3, -0.25) is 0 Å². The summed E-state index contributed by atoms with van der Waals surface area (Å²) >= 11 is 0. The minimum atomic E-state index is -0.920. The van der Waals surface area contributed by atoms with Gasteiger partial charge in [0.25, 0.3) is 0 Å². The van der Waals surface area contributed by atoms with Crippen molar-refractivity contribution in [2.45, 2.75) is 13.0 Å². The van der Waals surface area contributed by atoms with Gasteiger partial charge in [-0.25, -0.2) is 13.6 Å². The second-order valence-corrected chi connectivity index (χ2v) is 3.60. The van der Waals surface area contributed by atoms with Crippen LogP contribution < -0.4 is 10.6 Å². The second-order valence-electron chi connectivity index (χ2n) is 3.60. The van der Waals surface area contributed by atoms with Crippen LogP contribution >= 0.6 is 0 Å². The minimum Gasteiger partial charge on any atom is -0.327 e. The molecule has 2 amide bonds. The highest BCUT2D eigenvalue weighted by Crippen LogP contribution is 2.20. The van der Waals surface area contributed by atoms with Crippen LogP contribution in [0, 0.1) is 11.6 Å². The molecular formula is C11H10F2N2O. The van der Waals surface area contributed by atoms with E-state index in [1.807, 2.05) is 0 Å². The maximum absolute atomic E-state index is 13.0. The number of rotatable bonds is 1. The molecule has 0 saturated heterocycles. The monoisotopic (exact) mass is 224 g/mol. The van der Waals surface area contributed by atoms with E-state index in [0.717, 1.165) is 12.1 Å². The fourth-order valence-electron chi connectivity index (χ4n) is 1.58. The van der Waals surface area contributed by atoms with Crippen molar-refractivity contribution in [2.24, 2.45) is 0 Å². The van der Waals surface area contributed by atoms with E-state index in [4.69, 9.17) is 0 Å². The standard InChI is InChI=1S/C11H10F2N2O/c1-6-4-10(15-11(16)14-6)7-2-3-8(12)9(13)5-7/h2-5,10H,1H3,(H2,14,15,16)/t10-/m1/s1. The number of hydrogen-bond donors (Lipinski definition) is 2. The van der Waals surface area contributed by atoms with E-state index >= 15 is 0 Å². The van der Waals surface area contributed by atoms with Gasteiger partial charge in [0.1, 0.15) is 0 Å². The predicted molar refractivity (Wildman–Crippen MR) is 54.5 cm³/mol. The quantitative estimate of drug-likeness (QED) is 0.754. The highest BCUT2D eigenvalue weighted by atomic mass is 19.2. The summed E-state index contributed by atoms with van der Waals surface area (Å²) in [4.78, 5) is 11.2. The van der Waals surface area contributed by atoms with Gasteiger partial charge < -0.3 is 10.6 Å². The number of halogens is 2. The highest BCUT2D eigenvalue weighted by Gasteiger charge is 2.18. The molecular weight excluding hydrogens is 214 g/mol. The SMILES string of the molecule is CC1=C[C@H](c2ccc(F)c(F)c2)NC(=O)N1. The third-order valence-electron chi connectivity index (χ3n) is 2.32. The summed E-state index contributed by atoms with van der Waals surface area (Å²) in [6.07, 6.45) is 1.73. The summed E-state index contributed by atoms with van der Waals surface area (Å²) in [5.74, 6) is -1.82. The van der Waals surface area contributed by atoms with E-state index in [1.54, 1.807) is 13.0 Å². The molecule has 16 heavy (non-hydrogen) atoms. The molecule has 0 aromatic heterocycles. The van der Waals surface area contributed by atoms with Crippen LogP contribution in [0.5, 0.6) is 0 Å². The van der Waals surface area contributed by atoms with E-state index in [9.17, 15) is 13.6 Å². The van der Waals surface area contributed by atoms with E-state index in [1.165, 1.54) is 6.07 Å². The zero-order chi connectivity index (χ0) is 11.7. The van der Waals surface area contributed by atoms with Crippen LogP contribution in [0.3, 0.4) is 0 Å². The van der Waals surface area contributed by atoms with Gasteiger partial charge >= 0.3 is 6.03 Å². The lowest BCUT2D eigenvalue weighted by Crippen LogP contribution is -2.40. The first-order valence-corrected chi connectivity index (χ1v) is 4.77. The summed E-state index contributed by atoms with van der Waals surface area (Å²) in [6.45, 7) is 1.73. The van der Waals surface area contributed by atoms with Crippen LogP contribution in [-0.2, 0) is 0 Å². The van der Waals surface area contributed by atoms with Crippen molar-refractivity contribution < 1.29 is 13.6 Å². The maximum Gasteiger partial charge on any atom is 0.319 e. The van der Waals surface area contributed by atoms with Gasteiger partial charge in [0.2, 0.25) is 0 Å². The summed E-state index contributed by atoms with van der Waals surface area (Å²) in [6, 6.07) is 2.79. The third-order valence-corrected chi connectivity index (χ3v) is 2.32. The number of nitrogens with one attached hydrogen (secondary N) is 2.